The van der Waals surface area contributed by atoms with Crippen LogP contribution in [0.25, 0.3) is 0 Å². The SMILES string of the molecule is CCNC(=NCc1ncc(C)s1)NCC(NC(=O)OC(C)(C)C)C(C)C. The summed E-state index contributed by atoms with van der Waals surface area (Å²) in [5.41, 5.74) is -0.513. The highest BCUT2D eigenvalue weighted by atomic mass is 32.1. The van der Waals surface area contributed by atoms with Crippen molar-refractivity contribution in [2.24, 2.45) is 10.9 Å². The Morgan fingerprint density at radius 3 is 2.54 bits per heavy atom. The minimum atomic E-state index is -0.513. The molecule has 0 aliphatic rings. The average molecular weight is 384 g/mol. The Kier molecular flexibility index (Phi) is 8.84. The number of ether oxygens (including phenoxy) is 1. The zero-order valence-electron chi connectivity index (χ0n) is 17.0. The van der Waals surface area contributed by atoms with E-state index in [1.165, 1.54) is 4.88 Å². The number of hydrogen-bond donors (Lipinski definition) is 3. The lowest BCUT2D eigenvalue weighted by molar-refractivity contribution is 0.0491. The largest absolute Gasteiger partial charge is 0.444 e. The van der Waals surface area contributed by atoms with Crippen LogP contribution in [0.5, 0.6) is 0 Å². The van der Waals surface area contributed by atoms with Crippen molar-refractivity contribution in [3.8, 4) is 0 Å². The molecule has 0 bridgehead atoms. The zero-order valence-corrected chi connectivity index (χ0v) is 17.8. The predicted molar refractivity (Wildman–Crippen MR) is 108 cm³/mol. The first kappa shape index (κ1) is 22.2. The number of thiazole rings is 1. The van der Waals surface area contributed by atoms with Crippen molar-refractivity contribution in [2.45, 2.75) is 66.7 Å². The molecule has 8 heteroatoms. The summed E-state index contributed by atoms with van der Waals surface area (Å²) in [4.78, 5) is 22.1. The summed E-state index contributed by atoms with van der Waals surface area (Å²) in [6.45, 7) is 15.6. The standard InChI is InChI=1S/C18H33N5O2S/c1-8-19-16(22-11-15-20-9-13(4)26-15)21-10-14(12(2)3)23-17(24)25-18(5,6)7/h9,12,14H,8,10-11H2,1-7H3,(H,23,24)(H2,19,21,22). The van der Waals surface area contributed by atoms with Crippen molar-refractivity contribution < 1.29 is 9.53 Å². The summed E-state index contributed by atoms with van der Waals surface area (Å²) in [5.74, 6) is 0.955. The van der Waals surface area contributed by atoms with Crippen LogP contribution in [0.4, 0.5) is 4.79 Å². The maximum Gasteiger partial charge on any atom is 0.407 e. The van der Waals surface area contributed by atoms with E-state index >= 15 is 0 Å². The maximum atomic E-state index is 12.0. The molecule has 148 valence electrons. The molecule has 1 atom stereocenters. The summed E-state index contributed by atoms with van der Waals surface area (Å²) < 4.78 is 5.35. The molecule has 0 saturated heterocycles. The van der Waals surface area contributed by atoms with Crippen molar-refractivity contribution in [1.29, 1.82) is 0 Å². The quantitative estimate of drug-likeness (QED) is 0.497. The van der Waals surface area contributed by atoms with Crippen LogP contribution in [0, 0.1) is 12.8 Å². The summed E-state index contributed by atoms with van der Waals surface area (Å²) >= 11 is 1.64. The lowest BCUT2D eigenvalue weighted by Crippen LogP contribution is -2.50. The normalized spacial score (nSPS) is 13.5. The number of nitrogens with one attached hydrogen (secondary N) is 3. The summed E-state index contributed by atoms with van der Waals surface area (Å²) in [7, 11) is 0. The minimum Gasteiger partial charge on any atom is -0.444 e. The molecule has 0 saturated carbocycles. The van der Waals surface area contributed by atoms with E-state index in [1.54, 1.807) is 11.3 Å². The fourth-order valence-electron chi connectivity index (χ4n) is 2.08. The van der Waals surface area contributed by atoms with Gasteiger partial charge in [-0.25, -0.2) is 14.8 Å². The molecule has 1 unspecified atom stereocenters. The highest BCUT2D eigenvalue weighted by molar-refractivity contribution is 7.11. The fourth-order valence-corrected chi connectivity index (χ4v) is 2.79. The van der Waals surface area contributed by atoms with Crippen LogP contribution in [0.15, 0.2) is 11.2 Å². The molecule has 1 heterocycles. The van der Waals surface area contributed by atoms with E-state index in [9.17, 15) is 4.79 Å². The van der Waals surface area contributed by atoms with Crippen LogP contribution in [-0.4, -0.2) is 41.8 Å². The highest BCUT2D eigenvalue weighted by Crippen LogP contribution is 2.12. The van der Waals surface area contributed by atoms with Gasteiger partial charge in [-0.15, -0.1) is 11.3 Å². The summed E-state index contributed by atoms with van der Waals surface area (Å²) in [5, 5.41) is 10.4. The van der Waals surface area contributed by atoms with Gasteiger partial charge >= 0.3 is 6.09 Å². The first-order chi connectivity index (χ1) is 12.1. The number of carbonyl (C=O) groups excluding carboxylic acids is 1. The van der Waals surface area contributed by atoms with Gasteiger partial charge in [-0.2, -0.15) is 0 Å². The van der Waals surface area contributed by atoms with Gasteiger partial charge in [0.2, 0.25) is 0 Å². The molecule has 0 radical (unpaired) electrons. The number of aromatic nitrogens is 1. The number of carbonyl (C=O) groups is 1. The van der Waals surface area contributed by atoms with Gasteiger partial charge in [-0.1, -0.05) is 13.8 Å². The van der Waals surface area contributed by atoms with Crippen molar-refractivity contribution in [2.75, 3.05) is 13.1 Å². The lowest BCUT2D eigenvalue weighted by Gasteiger charge is -2.26. The molecule has 0 fully saturated rings. The van der Waals surface area contributed by atoms with E-state index in [2.05, 4.69) is 39.8 Å². The number of aryl methyl sites for hydroxylation is 1. The van der Waals surface area contributed by atoms with E-state index < -0.39 is 11.7 Å². The van der Waals surface area contributed by atoms with Crippen LogP contribution in [0.2, 0.25) is 0 Å². The Labute approximate surface area is 161 Å². The Balaban J connectivity index is 2.63. The van der Waals surface area contributed by atoms with Gasteiger partial charge in [0.1, 0.15) is 10.6 Å². The molecule has 1 rings (SSSR count). The third-order valence-corrected chi connectivity index (χ3v) is 4.28. The number of amides is 1. The van der Waals surface area contributed by atoms with E-state index in [0.717, 1.165) is 11.6 Å². The lowest BCUT2D eigenvalue weighted by atomic mass is 10.0. The van der Waals surface area contributed by atoms with Gasteiger partial charge in [-0.3, -0.25) is 0 Å². The van der Waals surface area contributed by atoms with E-state index in [0.29, 0.717) is 19.0 Å². The molecule has 26 heavy (non-hydrogen) atoms. The molecule has 0 aliphatic carbocycles. The van der Waals surface area contributed by atoms with Crippen LogP contribution >= 0.6 is 11.3 Å². The van der Waals surface area contributed by atoms with Crippen molar-refractivity contribution in [3.05, 3.63) is 16.1 Å². The molecule has 3 N–H and O–H groups in total. The summed E-state index contributed by atoms with van der Waals surface area (Å²) in [6.07, 6.45) is 1.45. The second kappa shape index (κ2) is 10.4. The van der Waals surface area contributed by atoms with Crippen molar-refractivity contribution >= 4 is 23.4 Å². The van der Waals surface area contributed by atoms with E-state index in [1.807, 2.05) is 40.8 Å². The molecular formula is C18H33N5O2S. The molecule has 7 nitrogen and oxygen atoms in total. The van der Waals surface area contributed by atoms with Crippen LogP contribution in [-0.2, 0) is 11.3 Å². The second-order valence-corrected chi connectivity index (χ2v) is 8.76. The summed E-state index contributed by atoms with van der Waals surface area (Å²) in [6, 6.07) is -0.0733. The van der Waals surface area contributed by atoms with Gasteiger partial charge in [0.15, 0.2) is 5.96 Å². The number of aliphatic imine (C=N–C) groups is 1. The van der Waals surface area contributed by atoms with Gasteiger partial charge in [0.05, 0.1) is 12.6 Å². The second-order valence-electron chi connectivity index (χ2n) is 7.44. The van der Waals surface area contributed by atoms with E-state index in [4.69, 9.17) is 4.74 Å². The molecule has 0 aliphatic heterocycles. The predicted octanol–water partition coefficient (Wildman–Crippen LogP) is 3.06. The number of hydrogen-bond acceptors (Lipinski definition) is 5. The molecule has 1 amide bonds. The Hall–Kier alpha value is -1.83. The van der Waals surface area contributed by atoms with Gasteiger partial charge in [0.25, 0.3) is 0 Å². The number of alkyl carbamates (subject to hydrolysis) is 1. The monoisotopic (exact) mass is 383 g/mol. The van der Waals surface area contributed by atoms with Gasteiger partial charge in [0, 0.05) is 24.2 Å². The van der Waals surface area contributed by atoms with Crippen LogP contribution in [0.1, 0.15) is 51.4 Å². The van der Waals surface area contributed by atoms with Crippen molar-refractivity contribution in [3.63, 3.8) is 0 Å². The van der Waals surface area contributed by atoms with Crippen molar-refractivity contribution in [1.82, 2.24) is 20.9 Å². The number of guanidine groups is 1. The molecular weight excluding hydrogens is 350 g/mol. The number of nitrogens with zero attached hydrogens (tertiary/aromatic N) is 2. The fraction of sp³-hybridized carbons (Fsp3) is 0.722. The molecule has 1 aromatic heterocycles. The first-order valence-corrected chi connectivity index (χ1v) is 9.85. The molecule has 0 aromatic carbocycles. The minimum absolute atomic E-state index is 0.0733. The van der Waals surface area contributed by atoms with E-state index in [-0.39, 0.29) is 12.0 Å². The topological polar surface area (TPSA) is 87.6 Å². The van der Waals surface area contributed by atoms with Crippen LogP contribution < -0.4 is 16.0 Å². The third-order valence-electron chi connectivity index (χ3n) is 3.38. The smallest absolute Gasteiger partial charge is 0.407 e. The zero-order chi connectivity index (χ0) is 19.7. The highest BCUT2D eigenvalue weighted by Gasteiger charge is 2.21. The Bertz CT molecular complexity index is 593. The molecule has 1 aromatic rings. The van der Waals surface area contributed by atoms with Crippen LogP contribution in [0.3, 0.4) is 0 Å². The third kappa shape index (κ3) is 9.03. The maximum absolute atomic E-state index is 12.0. The van der Waals surface area contributed by atoms with Gasteiger partial charge < -0.3 is 20.7 Å². The average Bonchev–Trinajstić information content (AvgIpc) is 2.92. The Morgan fingerprint density at radius 1 is 1.35 bits per heavy atom. The Morgan fingerprint density at radius 2 is 2.04 bits per heavy atom. The van der Waals surface area contributed by atoms with Gasteiger partial charge in [-0.05, 0) is 40.5 Å². The number of rotatable bonds is 7. The molecule has 0 spiro atoms. The first-order valence-electron chi connectivity index (χ1n) is 9.03.